The Morgan fingerprint density at radius 1 is 1.28 bits per heavy atom. The third kappa shape index (κ3) is 4.39. The lowest BCUT2D eigenvalue weighted by Gasteiger charge is -2.39. The van der Waals surface area contributed by atoms with Crippen molar-refractivity contribution in [3.05, 3.63) is 35.7 Å². The highest BCUT2D eigenvalue weighted by molar-refractivity contribution is 5.87. The summed E-state index contributed by atoms with van der Waals surface area (Å²) >= 11 is 0. The predicted octanol–water partition coefficient (Wildman–Crippen LogP) is 1.80. The Labute approximate surface area is 171 Å². The Kier molecular flexibility index (Phi) is 6.79. The smallest absolute Gasteiger partial charge is 0.152 e. The van der Waals surface area contributed by atoms with Crippen molar-refractivity contribution >= 4 is 17.7 Å². The highest BCUT2D eigenvalue weighted by Gasteiger charge is 2.38. The van der Waals surface area contributed by atoms with Crippen molar-refractivity contribution < 1.29 is 9.84 Å². The quantitative estimate of drug-likeness (QED) is 0.455. The highest BCUT2D eigenvalue weighted by atomic mass is 16.5. The van der Waals surface area contributed by atoms with Crippen molar-refractivity contribution in [3.8, 4) is 11.3 Å². The summed E-state index contributed by atoms with van der Waals surface area (Å²) in [6.45, 7) is 3.39. The first-order valence-corrected chi connectivity index (χ1v) is 9.92. The van der Waals surface area contributed by atoms with E-state index in [9.17, 15) is 5.11 Å². The monoisotopic (exact) mass is 398 g/mol. The molecule has 1 aromatic heterocycles. The number of aliphatic hydroxyl groups is 1. The summed E-state index contributed by atoms with van der Waals surface area (Å²) in [7, 11) is 1.50. The van der Waals surface area contributed by atoms with Gasteiger partial charge in [0, 0.05) is 42.7 Å². The summed E-state index contributed by atoms with van der Waals surface area (Å²) in [4.78, 5) is 11.5. The Bertz CT molecular complexity index is 841. The molecule has 2 aliphatic rings. The molecule has 29 heavy (non-hydrogen) atoms. The molecule has 0 saturated carbocycles. The number of anilines is 2. The van der Waals surface area contributed by atoms with Gasteiger partial charge >= 0.3 is 0 Å². The van der Waals surface area contributed by atoms with Gasteiger partial charge in [-0.3, -0.25) is 0 Å². The molecule has 6 N–H and O–H groups in total. The number of hydrogen-bond donors (Lipinski definition) is 4. The van der Waals surface area contributed by atoms with E-state index in [0.717, 1.165) is 56.9 Å². The lowest BCUT2D eigenvalue weighted by Crippen LogP contribution is -2.41. The van der Waals surface area contributed by atoms with Crippen LogP contribution in [0.1, 0.15) is 30.5 Å². The fraction of sp³-hybridized carbons (Fsp3) is 0.476. The number of hydrogen-bond acceptors (Lipinski definition) is 8. The molecule has 0 aliphatic carbocycles. The van der Waals surface area contributed by atoms with Crippen LogP contribution in [-0.4, -0.2) is 54.6 Å². The van der Waals surface area contributed by atoms with E-state index >= 15 is 0 Å². The predicted molar refractivity (Wildman–Crippen MR) is 115 cm³/mol. The van der Waals surface area contributed by atoms with E-state index in [-0.39, 0.29) is 6.61 Å². The maximum atomic E-state index is 9.86. The number of nitrogens with zero attached hydrogens (tertiary/aromatic N) is 3. The number of aromatic nitrogens is 2. The minimum absolute atomic E-state index is 0.159. The largest absolute Gasteiger partial charge is 0.398 e. The van der Waals surface area contributed by atoms with Gasteiger partial charge in [-0.05, 0) is 43.9 Å². The van der Waals surface area contributed by atoms with Gasteiger partial charge in [0.2, 0.25) is 0 Å². The van der Waals surface area contributed by atoms with E-state index in [1.54, 1.807) is 12.3 Å². The molecular weight excluding hydrogens is 368 g/mol. The Hall–Kier alpha value is -2.55. The van der Waals surface area contributed by atoms with Gasteiger partial charge in [-0.15, -0.1) is 0 Å². The van der Waals surface area contributed by atoms with Gasteiger partial charge in [0.25, 0.3) is 0 Å². The number of rotatable bonds is 4. The van der Waals surface area contributed by atoms with E-state index in [4.69, 9.17) is 15.9 Å². The van der Waals surface area contributed by atoms with Crippen molar-refractivity contribution in [1.82, 2.24) is 9.97 Å². The van der Waals surface area contributed by atoms with Crippen LogP contribution >= 0.6 is 0 Å². The van der Waals surface area contributed by atoms with Crippen molar-refractivity contribution in [2.24, 2.45) is 11.1 Å². The van der Waals surface area contributed by atoms with E-state index in [2.05, 4.69) is 20.6 Å². The van der Waals surface area contributed by atoms with Crippen LogP contribution in [0.4, 0.5) is 11.5 Å². The molecule has 0 bridgehead atoms. The molecule has 1 aromatic carbocycles. The number of benzene rings is 1. The first-order chi connectivity index (χ1) is 14.1. The first-order valence-electron chi connectivity index (χ1n) is 9.92. The lowest BCUT2D eigenvalue weighted by atomic mass is 9.78. The zero-order valence-electron chi connectivity index (χ0n) is 16.9. The van der Waals surface area contributed by atoms with Crippen LogP contribution in [0.15, 0.2) is 24.4 Å². The minimum Gasteiger partial charge on any atom is -0.398 e. The number of aliphatic hydroxyl groups excluding tert-OH is 1. The second-order valence-electron chi connectivity index (χ2n) is 7.46. The molecule has 1 spiro atoms. The number of nitrogens with two attached hydrogens (primary N) is 2. The molecule has 2 fully saturated rings. The number of nitrogens with one attached hydrogen (secondary N) is 1. The second-order valence-corrected chi connectivity index (χ2v) is 7.46. The van der Waals surface area contributed by atoms with Crippen molar-refractivity contribution in [2.45, 2.75) is 25.9 Å². The third-order valence-corrected chi connectivity index (χ3v) is 5.82. The minimum atomic E-state index is -0.159. The highest BCUT2D eigenvalue weighted by Crippen LogP contribution is 2.40. The van der Waals surface area contributed by atoms with Crippen molar-refractivity contribution in [3.63, 3.8) is 0 Å². The van der Waals surface area contributed by atoms with Gasteiger partial charge in [0.15, 0.2) is 5.82 Å². The SMILES string of the molecule is CN.N=Cc1cc(-c2cnc(N3CCC4(CCOC4)CC3)c(CO)n2)ccc1N. The molecule has 156 valence electrons. The Balaban J connectivity index is 0.00000117. The lowest BCUT2D eigenvalue weighted by molar-refractivity contribution is 0.133. The number of nitrogen functional groups attached to an aromatic ring is 1. The van der Waals surface area contributed by atoms with E-state index in [0.29, 0.717) is 28.1 Å². The first kappa shape index (κ1) is 21.2. The van der Waals surface area contributed by atoms with Crippen LogP contribution in [0.5, 0.6) is 0 Å². The molecule has 3 heterocycles. The Morgan fingerprint density at radius 2 is 2.03 bits per heavy atom. The van der Waals surface area contributed by atoms with Crippen molar-refractivity contribution in [2.75, 3.05) is 44.0 Å². The van der Waals surface area contributed by atoms with Crippen LogP contribution in [0.2, 0.25) is 0 Å². The van der Waals surface area contributed by atoms with E-state index in [1.807, 2.05) is 12.1 Å². The van der Waals surface area contributed by atoms with Crippen LogP contribution in [-0.2, 0) is 11.3 Å². The Morgan fingerprint density at radius 3 is 2.66 bits per heavy atom. The van der Waals surface area contributed by atoms with E-state index in [1.165, 1.54) is 13.3 Å². The van der Waals surface area contributed by atoms with Crippen molar-refractivity contribution in [1.29, 1.82) is 5.41 Å². The summed E-state index contributed by atoms with van der Waals surface area (Å²) in [5.74, 6) is 0.762. The third-order valence-electron chi connectivity index (χ3n) is 5.82. The molecular formula is C21H30N6O2. The van der Waals surface area contributed by atoms with Gasteiger partial charge in [-0.25, -0.2) is 9.97 Å². The molecule has 4 rings (SSSR count). The molecule has 2 aliphatic heterocycles. The summed E-state index contributed by atoms with van der Waals surface area (Å²) in [6.07, 6.45) is 6.27. The average Bonchev–Trinajstić information content (AvgIpc) is 3.23. The normalized spacial score (nSPS) is 17.7. The molecule has 0 radical (unpaired) electrons. The topological polar surface area (TPSA) is 134 Å². The summed E-state index contributed by atoms with van der Waals surface area (Å²) in [5.41, 5.74) is 14.0. The van der Waals surface area contributed by atoms with Gasteiger partial charge in [-0.2, -0.15) is 0 Å². The van der Waals surface area contributed by atoms with Gasteiger partial charge in [0.05, 0.1) is 25.1 Å². The zero-order valence-corrected chi connectivity index (χ0v) is 16.9. The van der Waals surface area contributed by atoms with Gasteiger partial charge < -0.3 is 31.6 Å². The molecule has 8 heteroatoms. The average molecular weight is 399 g/mol. The van der Waals surface area contributed by atoms with Crippen LogP contribution in [0, 0.1) is 10.8 Å². The number of ether oxygens (including phenoxy) is 1. The second kappa shape index (κ2) is 9.30. The fourth-order valence-corrected chi connectivity index (χ4v) is 4.03. The zero-order chi connectivity index (χ0) is 20.9. The maximum Gasteiger partial charge on any atom is 0.152 e. The fourth-order valence-electron chi connectivity index (χ4n) is 4.03. The standard InChI is InChI=1S/C20H25N5O2.CH5N/c21-10-15-9-14(1-2-16(15)22)17-11-23-19(18(12-26)24-17)25-6-3-20(4-7-25)5-8-27-13-20;1-2/h1-2,9-11,21,26H,3-8,12-13,22H2;2H2,1H3. The molecule has 0 atom stereocenters. The molecule has 0 amide bonds. The molecule has 2 saturated heterocycles. The van der Waals surface area contributed by atoms with Crippen LogP contribution in [0.3, 0.4) is 0 Å². The van der Waals surface area contributed by atoms with Crippen LogP contribution < -0.4 is 16.4 Å². The van der Waals surface area contributed by atoms with Gasteiger partial charge in [-0.1, -0.05) is 6.07 Å². The van der Waals surface area contributed by atoms with E-state index < -0.39 is 0 Å². The molecule has 2 aromatic rings. The summed E-state index contributed by atoms with van der Waals surface area (Å²) < 4.78 is 5.60. The summed E-state index contributed by atoms with van der Waals surface area (Å²) in [5, 5.41) is 17.3. The maximum absolute atomic E-state index is 9.86. The van der Waals surface area contributed by atoms with Crippen LogP contribution in [0.25, 0.3) is 11.3 Å². The summed E-state index contributed by atoms with van der Waals surface area (Å²) in [6, 6.07) is 5.44. The number of piperidine rings is 1. The molecule has 8 nitrogen and oxygen atoms in total. The van der Waals surface area contributed by atoms with Gasteiger partial charge in [0.1, 0.15) is 5.69 Å². The molecule has 0 unspecified atom stereocenters.